The number of amides is 2. The van der Waals surface area contributed by atoms with Gasteiger partial charge in [0.2, 0.25) is 11.8 Å². The van der Waals surface area contributed by atoms with E-state index in [0.29, 0.717) is 81.4 Å². The average Bonchev–Trinajstić information content (AvgIpc) is 3.87. The smallest absolute Gasteiger partial charge is 0.224 e. The number of hydrogen-bond donors (Lipinski definition) is 4. The third kappa shape index (κ3) is 8.97. The summed E-state index contributed by atoms with van der Waals surface area (Å²) in [7, 11) is 0. The molecule has 8 fully saturated rings. The maximum atomic E-state index is 13.2. The van der Waals surface area contributed by atoms with Gasteiger partial charge in [-0.05, 0) is 270 Å². The van der Waals surface area contributed by atoms with E-state index >= 15 is 0 Å². The first-order valence-electron chi connectivity index (χ1n) is 28.1. The fourth-order valence-electron chi connectivity index (χ4n) is 19.3. The van der Waals surface area contributed by atoms with Gasteiger partial charge in [0.25, 0.3) is 0 Å². The summed E-state index contributed by atoms with van der Waals surface area (Å²) in [5, 5.41) is 36.1. The molecule has 0 aromatic heterocycles. The number of carbonyl (C=O) groups is 2. The Morgan fingerprint density at radius 1 is 0.515 bits per heavy atom. The number of rotatable bonds is 12. The van der Waals surface area contributed by atoms with Gasteiger partial charge in [-0.15, -0.1) is 0 Å². The lowest BCUT2D eigenvalue weighted by atomic mass is 9.44. The van der Waals surface area contributed by atoms with Crippen molar-refractivity contribution >= 4 is 34.6 Å². The molecule has 2 aromatic carbocycles. The van der Waals surface area contributed by atoms with Crippen molar-refractivity contribution in [2.24, 2.45) is 103 Å². The number of azo groups is 1. The Bertz CT molecular complexity index is 1990. The topological polar surface area (TPSA) is 123 Å². The van der Waals surface area contributed by atoms with Gasteiger partial charge in [0.15, 0.2) is 0 Å². The molecule has 8 aliphatic rings. The second-order valence-electron chi connectivity index (χ2n) is 26.0. The number of nitrogens with one attached hydrogen (secondary N) is 2. The molecule has 8 saturated carbocycles. The van der Waals surface area contributed by atoms with Gasteiger partial charge in [-0.2, -0.15) is 10.2 Å². The monoisotopic (exact) mass is 929 g/mol. The van der Waals surface area contributed by atoms with Gasteiger partial charge in [-0.1, -0.05) is 41.5 Å². The Labute approximate surface area is 409 Å². The largest absolute Gasteiger partial charge is 0.393 e. The molecule has 0 heterocycles. The van der Waals surface area contributed by atoms with Crippen molar-refractivity contribution in [2.75, 3.05) is 10.6 Å². The van der Waals surface area contributed by atoms with E-state index in [4.69, 9.17) is 0 Å². The number of nitrogens with zero attached hydrogens (tertiary/aromatic N) is 2. The first kappa shape index (κ1) is 48.5. The first-order chi connectivity index (χ1) is 32.6. The van der Waals surface area contributed by atoms with Gasteiger partial charge in [0.05, 0.1) is 23.6 Å². The molecule has 2 aromatic rings. The molecule has 8 nitrogen and oxygen atoms in total. The van der Waals surface area contributed by atoms with E-state index in [1.54, 1.807) is 0 Å². The molecule has 0 spiro atoms. The van der Waals surface area contributed by atoms with Gasteiger partial charge in [-0.25, -0.2) is 0 Å². The van der Waals surface area contributed by atoms with Crippen LogP contribution in [-0.4, -0.2) is 34.2 Å². The molecule has 372 valence electrons. The quantitative estimate of drug-likeness (QED) is 0.158. The Hall–Kier alpha value is -3.10. The maximum absolute atomic E-state index is 13.2. The fourth-order valence-corrected chi connectivity index (χ4v) is 19.3. The SMILES string of the molecule is C[C@H](CCC(=O)Nc1ccc(N=Nc2ccc(NC(=O)CC[C@@H](C)[C@H]3CC[C@H]4[C@@H]5CC[C@@H]6C[C@H](O)CC[C@]6(C)[C@H]5CC[C@]34C)cc2)cc1)[C@H]1CC[C@H]2[C@@H]3CC[C@@H]4C[C@H](O)CC[C@]4(C)[C@H]3CC[C@]12C. The second kappa shape index (κ2) is 19.1. The van der Waals surface area contributed by atoms with Crippen LogP contribution >= 0.6 is 0 Å². The molecule has 10 rings (SSSR count). The number of hydrogen-bond acceptors (Lipinski definition) is 6. The summed E-state index contributed by atoms with van der Waals surface area (Å²) in [5.74, 6) is 8.94. The van der Waals surface area contributed by atoms with Gasteiger partial charge in [0, 0.05) is 24.2 Å². The highest BCUT2D eigenvalue weighted by Crippen LogP contribution is 2.70. The highest BCUT2D eigenvalue weighted by atomic mass is 16.3. The standard InChI is InChI=1S/C60H88N4O4/c1-37(49-21-23-51-47-19-9-39-35-45(65)27-31-57(39,3)53(47)29-33-59(49,51)5)7-25-55(67)61-41-11-15-43(16-12-41)63-64-44-17-13-42(14-18-44)62-56(68)26-8-38(2)50-22-24-52-48-20-10-40-36-46(66)28-32-58(40,4)54(48)30-34-60(50,52)6/h11-18,37-40,45-54,65-66H,7-10,19-36H2,1-6H3,(H,61,67)(H,62,68)/t37-,38-,39-,40-,45-,46-,47+,48+,49-,50-,51+,52+,53+,54+,57+,58+,59-,60-/m1/s1. The van der Waals surface area contributed by atoms with Crippen molar-refractivity contribution in [2.45, 2.75) is 195 Å². The first-order valence-corrected chi connectivity index (χ1v) is 28.1. The van der Waals surface area contributed by atoms with Crippen molar-refractivity contribution in [3.8, 4) is 0 Å². The molecule has 8 aliphatic carbocycles. The lowest BCUT2D eigenvalue weighted by molar-refractivity contribution is -0.129. The molecule has 68 heavy (non-hydrogen) atoms. The zero-order valence-electron chi connectivity index (χ0n) is 42.9. The highest BCUT2D eigenvalue weighted by molar-refractivity contribution is 5.91. The van der Waals surface area contributed by atoms with Gasteiger partial charge >= 0.3 is 0 Å². The molecule has 0 saturated heterocycles. The number of aliphatic hydroxyl groups excluding tert-OH is 2. The van der Waals surface area contributed by atoms with Crippen LogP contribution in [0, 0.1) is 92.7 Å². The minimum atomic E-state index is -0.0827. The number of aliphatic hydroxyl groups is 2. The summed E-state index contributed by atoms with van der Waals surface area (Å²) in [6.07, 6.45) is 25.2. The van der Waals surface area contributed by atoms with E-state index < -0.39 is 0 Å². The van der Waals surface area contributed by atoms with Crippen LogP contribution in [-0.2, 0) is 9.59 Å². The number of carbonyl (C=O) groups excluding carboxylic acids is 2. The van der Waals surface area contributed by atoms with Crippen LogP contribution in [0.25, 0.3) is 0 Å². The Balaban J connectivity index is 0.646. The van der Waals surface area contributed by atoms with Crippen LogP contribution in [0.2, 0.25) is 0 Å². The lowest BCUT2D eigenvalue weighted by Gasteiger charge is -2.61. The Morgan fingerprint density at radius 2 is 0.882 bits per heavy atom. The van der Waals surface area contributed by atoms with Crippen LogP contribution in [0.1, 0.15) is 183 Å². The summed E-state index contributed by atoms with van der Waals surface area (Å²) < 4.78 is 0. The molecule has 8 heteroatoms. The molecular weight excluding hydrogens is 841 g/mol. The zero-order chi connectivity index (χ0) is 47.6. The summed E-state index contributed by atoms with van der Waals surface area (Å²) in [5.41, 5.74) is 4.59. The summed E-state index contributed by atoms with van der Waals surface area (Å²) in [6.45, 7) is 15.2. The summed E-state index contributed by atoms with van der Waals surface area (Å²) in [4.78, 5) is 26.5. The molecule has 0 bridgehead atoms. The molecule has 18 atom stereocenters. The second-order valence-corrected chi connectivity index (χ2v) is 26.0. The molecule has 2 amide bonds. The summed E-state index contributed by atoms with van der Waals surface area (Å²) in [6, 6.07) is 15.2. The van der Waals surface area contributed by atoms with Crippen molar-refractivity contribution in [1.29, 1.82) is 0 Å². The lowest BCUT2D eigenvalue weighted by Crippen LogP contribution is -2.54. The fraction of sp³-hybridized carbons (Fsp3) is 0.767. The third-order valence-electron chi connectivity index (χ3n) is 23.0. The van der Waals surface area contributed by atoms with Gasteiger partial charge in [-0.3, -0.25) is 9.59 Å². The van der Waals surface area contributed by atoms with Gasteiger partial charge < -0.3 is 20.8 Å². The van der Waals surface area contributed by atoms with E-state index in [-0.39, 0.29) is 24.0 Å². The molecule has 0 radical (unpaired) electrons. The van der Waals surface area contributed by atoms with Crippen LogP contribution in [0.3, 0.4) is 0 Å². The Morgan fingerprint density at radius 3 is 1.28 bits per heavy atom. The van der Waals surface area contributed by atoms with E-state index in [2.05, 4.69) is 62.4 Å². The maximum Gasteiger partial charge on any atom is 0.224 e. The molecule has 0 unspecified atom stereocenters. The van der Waals surface area contributed by atoms with Crippen molar-refractivity contribution in [1.82, 2.24) is 0 Å². The van der Waals surface area contributed by atoms with Crippen molar-refractivity contribution < 1.29 is 19.8 Å². The highest BCUT2D eigenvalue weighted by Gasteiger charge is 2.62. The summed E-state index contributed by atoms with van der Waals surface area (Å²) >= 11 is 0. The predicted molar refractivity (Wildman–Crippen MR) is 274 cm³/mol. The van der Waals surface area contributed by atoms with Gasteiger partial charge in [0.1, 0.15) is 0 Å². The predicted octanol–water partition coefficient (Wildman–Crippen LogP) is 14.9. The van der Waals surface area contributed by atoms with E-state index in [9.17, 15) is 19.8 Å². The van der Waals surface area contributed by atoms with E-state index in [0.717, 1.165) is 85.4 Å². The zero-order valence-corrected chi connectivity index (χ0v) is 42.9. The third-order valence-corrected chi connectivity index (χ3v) is 23.0. The van der Waals surface area contributed by atoms with Crippen LogP contribution < -0.4 is 10.6 Å². The average molecular weight is 929 g/mol. The van der Waals surface area contributed by atoms with Crippen LogP contribution in [0.15, 0.2) is 58.8 Å². The van der Waals surface area contributed by atoms with Crippen molar-refractivity contribution in [3.05, 3.63) is 48.5 Å². The van der Waals surface area contributed by atoms with E-state index in [1.165, 1.54) is 89.9 Å². The minimum Gasteiger partial charge on any atom is -0.393 e. The number of fused-ring (bicyclic) bond motifs is 10. The molecular formula is C60H88N4O4. The Kier molecular flexibility index (Phi) is 13.7. The molecule has 4 N–H and O–H groups in total. The van der Waals surface area contributed by atoms with E-state index in [1.807, 2.05) is 48.5 Å². The number of anilines is 2. The minimum absolute atomic E-state index is 0.0788. The number of benzene rings is 2. The van der Waals surface area contributed by atoms with Crippen LogP contribution in [0.4, 0.5) is 22.7 Å². The van der Waals surface area contributed by atoms with Crippen LogP contribution in [0.5, 0.6) is 0 Å². The molecule has 0 aliphatic heterocycles. The van der Waals surface area contributed by atoms with Crippen molar-refractivity contribution in [3.63, 3.8) is 0 Å². The normalized spacial score (nSPS) is 42.6.